The van der Waals surface area contributed by atoms with E-state index in [9.17, 15) is 4.79 Å². The Hall–Kier alpha value is -2.40. The minimum Gasteiger partial charge on any atom is -0.487 e. The lowest BCUT2D eigenvalue weighted by atomic mass is 9.85. The molecule has 5 heteroatoms. The number of nitrogens with zero attached hydrogens (tertiary/aromatic N) is 3. The molecule has 2 aromatic rings. The fraction of sp³-hybridized carbons (Fsp3) is 0.500. The number of benzene rings is 1. The summed E-state index contributed by atoms with van der Waals surface area (Å²) in [6.07, 6.45) is 7.03. The number of pyridine rings is 1. The number of aromatic nitrogens is 1. The van der Waals surface area contributed by atoms with Gasteiger partial charge in [-0.05, 0) is 68.5 Å². The van der Waals surface area contributed by atoms with Crippen LogP contribution in [-0.2, 0) is 17.9 Å². The standard InChI is InChI=1S/C24H31N3O2/c1-2-15-26-16-5-12-24(23(26)28)13-6-17-27(24)18-20-8-10-22(11-9-20)29-19-21-7-3-4-14-25-21/h3-4,7-11,14H,2,5-6,12-13,15-19H2,1H3. The number of carbonyl (C=O) groups is 1. The summed E-state index contributed by atoms with van der Waals surface area (Å²) >= 11 is 0. The summed E-state index contributed by atoms with van der Waals surface area (Å²) in [5, 5.41) is 0. The number of rotatable bonds is 7. The quantitative estimate of drug-likeness (QED) is 0.713. The zero-order valence-corrected chi connectivity index (χ0v) is 17.3. The molecule has 154 valence electrons. The van der Waals surface area contributed by atoms with Gasteiger partial charge in [-0.3, -0.25) is 14.7 Å². The molecule has 4 rings (SSSR count). The van der Waals surface area contributed by atoms with Gasteiger partial charge in [0, 0.05) is 25.8 Å². The van der Waals surface area contributed by atoms with Crippen molar-refractivity contribution in [2.75, 3.05) is 19.6 Å². The van der Waals surface area contributed by atoms with Crippen LogP contribution < -0.4 is 4.74 Å². The van der Waals surface area contributed by atoms with Crippen LogP contribution in [0.4, 0.5) is 0 Å². The van der Waals surface area contributed by atoms with Gasteiger partial charge >= 0.3 is 0 Å². The topological polar surface area (TPSA) is 45.7 Å². The highest BCUT2D eigenvalue weighted by molar-refractivity contribution is 5.87. The lowest BCUT2D eigenvalue weighted by molar-refractivity contribution is -0.147. The number of hydrogen-bond acceptors (Lipinski definition) is 4. The van der Waals surface area contributed by atoms with Crippen LogP contribution >= 0.6 is 0 Å². The van der Waals surface area contributed by atoms with Crippen LogP contribution in [0.1, 0.15) is 50.3 Å². The lowest BCUT2D eigenvalue weighted by Crippen LogP contribution is -2.59. The van der Waals surface area contributed by atoms with Crippen LogP contribution in [0, 0.1) is 0 Å². The first-order chi connectivity index (χ1) is 14.2. The second kappa shape index (κ2) is 8.95. The lowest BCUT2D eigenvalue weighted by Gasteiger charge is -2.44. The van der Waals surface area contributed by atoms with Gasteiger partial charge in [0.2, 0.25) is 5.91 Å². The monoisotopic (exact) mass is 393 g/mol. The van der Waals surface area contributed by atoms with E-state index in [0.29, 0.717) is 12.5 Å². The van der Waals surface area contributed by atoms with Crippen molar-refractivity contribution < 1.29 is 9.53 Å². The van der Waals surface area contributed by atoms with E-state index in [-0.39, 0.29) is 5.54 Å². The average molecular weight is 394 g/mol. The molecule has 1 aromatic heterocycles. The molecular formula is C24H31N3O2. The number of hydrogen-bond donors (Lipinski definition) is 0. The van der Waals surface area contributed by atoms with Crippen molar-refractivity contribution >= 4 is 5.91 Å². The summed E-state index contributed by atoms with van der Waals surface area (Å²) in [6.45, 7) is 6.26. The summed E-state index contributed by atoms with van der Waals surface area (Å²) in [5.41, 5.74) is 1.88. The Morgan fingerprint density at radius 1 is 1.07 bits per heavy atom. The summed E-state index contributed by atoms with van der Waals surface area (Å²) < 4.78 is 5.85. The summed E-state index contributed by atoms with van der Waals surface area (Å²) in [5.74, 6) is 1.21. The molecule has 3 heterocycles. The molecule has 2 fully saturated rings. The molecule has 2 aliphatic rings. The largest absolute Gasteiger partial charge is 0.487 e. The van der Waals surface area contributed by atoms with Gasteiger partial charge in [-0.1, -0.05) is 25.1 Å². The first kappa shape index (κ1) is 19.9. The normalized spacial score (nSPS) is 22.4. The third-order valence-corrected chi connectivity index (χ3v) is 6.23. The van der Waals surface area contributed by atoms with Crippen LogP contribution in [0.5, 0.6) is 5.75 Å². The molecule has 0 bridgehead atoms. The van der Waals surface area contributed by atoms with Crippen LogP contribution in [0.2, 0.25) is 0 Å². The van der Waals surface area contributed by atoms with Crippen LogP contribution in [0.3, 0.4) is 0 Å². The zero-order valence-electron chi connectivity index (χ0n) is 17.3. The molecule has 2 saturated heterocycles. The Kier molecular flexibility index (Phi) is 6.14. The highest BCUT2D eigenvalue weighted by atomic mass is 16.5. The van der Waals surface area contributed by atoms with Gasteiger partial charge in [-0.2, -0.15) is 0 Å². The Morgan fingerprint density at radius 3 is 2.59 bits per heavy atom. The van der Waals surface area contributed by atoms with E-state index in [0.717, 1.165) is 69.7 Å². The maximum Gasteiger partial charge on any atom is 0.243 e. The van der Waals surface area contributed by atoms with E-state index in [1.165, 1.54) is 5.56 Å². The van der Waals surface area contributed by atoms with E-state index < -0.39 is 0 Å². The Balaban J connectivity index is 1.40. The van der Waals surface area contributed by atoms with Crippen molar-refractivity contribution in [3.63, 3.8) is 0 Å². The van der Waals surface area contributed by atoms with Crippen molar-refractivity contribution in [3.8, 4) is 5.75 Å². The number of carbonyl (C=O) groups excluding carboxylic acids is 1. The third-order valence-electron chi connectivity index (χ3n) is 6.23. The molecule has 5 nitrogen and oxygen atoms in total. The number of ether oxygens (including phenoxy) is 1. The number of piperidine rings is 1. The highest BCUT2D eigenvalue weighted by Crippen LogP contribution is 2.39. The second-order valence-corrected chi connectivity index (χ2v) is 8.21. The predicted molar refractivity (Wildman–Crippen MR) is 113 cm³/mol. The molecule has 1 unspecified atom stereocenters. The third kappa shape index (κ3) is 4.30. The van der Waals surface area contributed by atoms with Gasteiger partial charge in [-0.25, -0.2) is 0 Å². The fourth-order valence-electron chi connectivity index (χ4n) is 4.79. The maximum atomic E-state index is 13.3. The number of amides is 1. The Bertz CT molecular complexity index is 807. The van der Waals surface area contributed by atoms with Crippen molar-refractivity contribution in [1.82, 2.24) is 14.8 Å². The molecule has 1 atom stereocenters. The zero-order chi connectivity index (χ0) is 20.1. The molecule has 29 heavy (non-hydrogen) atoms. The van der Waals surface area contributed by atoms with Crippen molar-refractivity contribution in [1.29, 1.82) is 0 Å². The van der Waals surface area contributed by atoms with E-state index >= 15 is 0 Å². The Morgan fingerprint density at radius 2 is 1.86 bits per heavy atom. The van der Waals surface area contributed by atoms with Crippen LogP contribution in [0.15, 0.2) is 48.7 Å². The average Bonchev–Trinajstić information content (AvgIpc) is 3.15. The predicted octanol–water partition coefficient (Wildman–Crippen LogP) is 4.03. The minimum absolute atomic E-state index is 0.276. The van der Waals surface area contributed by atoms with E-state index in [2.05, 4.69) is 33.8 Å². The number of likely N-dealkylation sites (tertiary alicyclic amines) is 2. The summed E-state index contributed by atoms with van der Waals surface area (Å²) in [7, 11) is 0. The second-order valence-electron chi connectivity index (χ2n) is 8.21. The molecule has 2 aliphatic heterocycles. The van der Waals surface area contributed by atoms with Gasteiger partial charge in [0.15, 0.2) is 0 Å². The van der Waals surface area contributed by atoms with Crippen molar-refractivity contribution in [2.24, 2.45) is 0 Å². The maximum absolute atomic E-state index is 13.3. The molecule has 1 spiro atoms. The minimum atomic E-state index is -0.276. The van der Waals surface area contributed by atoms with Gasteiger partial charge in [0.25, 0.3) is 0 Å². The first-order valence-electron chi connectivity index (χ1n) is 10.9. The molecule has 0 aliphatic carbocycles. The van der Waals surface area contributed by atoms with Crippen LogP contribution in [0.25, 0.3) is 0 Å². The smallest absolute Gasteiger partial charge is 0.243 e. The molecular weight excluding hydrogens is 362 g/mol. The van der Waals surface area contributed by atoms with Gasteiger partial charge in [-0.15, -0.1) is 0 Å². The fourth-order valence-corrected chi connectivity index (χ4v) is 4.79. The molecule has 0 radical (unpaired) electrons. The van der Waals surface area contributed by atoms with E-state index in [4.69, 9.17) is 4.74 Å². The molecule has 0 N–H and O–H groups in total. The van der Waals surface area contributed by atoms with E-state index in [1.807, 2.05) is 30.3 Å². The molecule has 1 amide bonds. The van der Waals surface area contributed by atoms with Gasteiger partial charge in [0.05, 0.1) is 5.69 Å². The van der Waals surface area contributed by atoms with Gasteiger partial charge < -0.3 is 9.64 Å². The van der Waals surface area contributed by atoms with Crippen molar-refractivity contribution in [3.05, 3.63) is 59.9 Å². The van der Waals surface area contributed by atoms with Gasteiger partial charge in [0.1, 0.15) is 17.9 Å². The summed E-state index contributed by atoms with van der Waals surface area (Å²) in [4.78, 5) is 22.1. The molecule has 1 aromatic carbocycles. The first-order valence-corrected chi connectivity index (χ1v) is 10.9. The van der Waals surface area contributed by atoms with Crippen molar-refractivity contribution in [2.45, 2.75) is 57.7 Å². The SMILES string of the molecule is CCCN1CCCC2(CCCN2Cc2ccc(OCc3ccccn3)cc2)C1=O. The van der Waals surface area contributed by atoms with Crippen LogP contribution in [-0.4, -0.2) is 45.9 Å². The summed E-state index contributed by atoms with van der Waals surface area (Å²) in [6, 6.07) is 14.1. The molecule has 0 saturated carbocycles. The highest BCUT2D eigenvalue weighted by Gasteiger charge is 2.50. The van der Waals surface area contributed by atoms with E-state index in [1.54, 1.807) is 6.20 Å². The Labute approximate surface area is 173 Å².